The van der Waals surface area contributed by atoms with Gasteiger partial charge in [0.2, 0.25) is 0 Å². The van der Waals surface area contributed by atoms with Crippen molar-refractivity contribution < 1.29 is 4.92 Å². The van der Waals surface area contributed by atoms with Crippen LogP contribution in [0.3, 0.4) is 0 Å². The molecule has 76 valence electrons. The Morgan fingerprint density at radius 2 is 2.29 bits per heavy atom. The maximum absolute atomic E-state index is 11.3. The third-order valence-electron chi connectivity index (χ3n) is 1.83. The Bertz CT molecular complexity index is 414. The van der Waals surface area contributed by atoms with E-state index in [1.54, 1.807) is 6.92 Å². The van der Waals surface area contributed by atoms with Crippen LogP contribution in [-0.2, 0) is 6.54 Å². The number of pyridine rings is 1. The monoisotopic (exact) mass is 260 g/mol. The van der Waals surface area contributed by atoms with Crippen LogP contribution in [0.1, 0.15) is 5.56 Å². The Balaban J connectivity index is 3.27. The van der Waals surface area contributed by atoms with Crippen molar-refractivity contribution in [1.29, 1.82) is 0 Å². The maximum atomic E-state index is 11.3. The molecule has 0 saturated carbocycles. The van der Waals surface area contributed by atoms with Crippen LogP contribution in [-0.4, -0.2) is 14.8 Å². The number of alkyl halides is 1. The van der Waals surface area contributed by atoms with Crippen molar-refractivity contribution in [3.8, 4) is 0 Å². The summed E-state index contributed by atoms with van der Waals surface area (Å²) >= 11 is 3.17. The van der Waals surface area contributed by atoms with Crippen molar-refractivity contribution in [2.45, 2.75) is 13.5 Å². The molecule has 0 aliphatic rings. The molecule has 1 aromatic heterocycles. The zero-order valence-corrected chi connectivity index (χ0v) is 9.15. The molecule has 0 N–H and O–H groups in total. The summed E-state index contributed by atoms with van der Waals surface area (Å²) < 4.78 is 1.32. The molecule has 0 saturated heterocycles. The van der Waals surface area contributed by atoms with E-state index in [-0.39, 0.29) is 11.2 Å². The minimum atomic E-state index is -0.487. The van der Waals surface area contributed by atoms with Crippen molar-refractivity contribution in [2.75, 3.05) is 5.33 Å². The second kappa shape index (κ2) is 4.36. The first-order chi connectivity index (χ1) is 6.56. The molecule has 0 unspecified atom stereocenters. The molecule has 6 heteroatoms. The molecule has 14 heavy (non-hydrogen) atoms. The molecule has 0 bridgehead atoms. The largest absolute Gasteiger partial charge is 0.308 e. The first kappa shape index (κ1) is 10.9. The van der Waals surface area contributed by atoms with Gasteiger partial charge in [0.05, 0.1) is 11.1 Å². The first-order valence-electron chi connectivity index (χ1n) is 3.97. The SMILES string of the molecule is Cc1cc(=O)n(CCBr)cc1[N+](=O)[O-]. The van der Waals surface area contributed by atoms with Crippen LogP contribution in [0.4, 0.5) is 5.69 Å². The Labute approximate surface area is 88.6 Å². The summed E-state index contributed by atoms with van der Waals surface area (Å²) in [5.41, 5.74) is 0.156. The Kier molecular flexibility index (Phi) is 3.40. The maximum Gasteiger partial charge on any atom is 0.288 e. The van der Waals surface area contributed by atoms with Gasteiger partial charge in [0.15, 0.2) is 0 Å². The van der Waals surface area contributed by atoms with E-state index in [1.807, 2.05) is 0 Å². The van der Waals surface area contributed by atoms with Crippen LogP contribution in [0.25, 0.3) is 0 Å². The Morgan fingerprint density at radius 3 is 2.79 bits per heavy atom. The Hall–Kier alpha value is -1.17. The molecule has 0 aliphatic carbocycles. The van der Waals surface area contributed by atoms with Gasteiger partial charge in [-0.25, -0.2) is 0 Å². The van der Waals surface area contributed by atoms with Crippen LogP contribution in [0.15, 0.2) is 17.1 Å². The zero-order chi connectivity index (χ0) is 10.7. The minimum absolute atomic E-state index is 0.0226. The predicted molar refractivity (Wildman–Crippen MR) is 55.9 cm³/mol. The van der Waals surface area contributed by atoms with Crippen molar-refractivity contribution in [3.05, 3.63) is 38.3 Å². The summed E-state index contributed by atoms with van der Waals surface area (Å²) in [4.78, 5) is 21.4. The third-order valence-corrected chi connectivity index (χ3v) is 2.18. The average molecular weight is 261 g/mol. The predicted octanol–water partition coefficient (Wildman–Crippen LogP) is 1.46. The van der Waals surface area contributed by atoms with Crippen LogP contribution in [0, 0.1) is 17.0 Å². The van der Waals surface area contributed by atoms with E-state index >= 15 is 0 Å². The molecule has 0 fully saturated rings. The molecule has 5 nitrogen and oxygen atoms in total. The fraction of sp³-hybridized carbons (Fsp3) is 0.375. The van der Waals surface area contributed by atoms with E-state index < -0.39 is 4.92 Å². The van der Waals surface area contributed by atoms with E-state index in [0.717, 1.165) is 0 Å². The summed E-state index contributed by atoms with van der Waals surface area (Å²) in [7, 11) is 0. The average Bonchev–Trinajstić information content (AvgIpc) is 2.09. The zero-order valence-electron chi connectivity index (χ0n) is 7.57. The first-order valence-corrected chi connectivity index (χ1v) is 5.10. The second-order valence-electron chi connectivity index (χ2n) is 2.82. The van der Waals surface area contributed by atoms with E-state index in [0.29, 0.717) is 17.4 Å². The van der Waals surface area contributed by atoms with Gasteiger partial charge < -0.3 is 4.57 Å². The van der Waals surface area contributed by atoms with Gasteiger partial charge in [-0.3, -0.25) is 14.9 Å². The third kappa shape index (κ3) is 2.20. The number of halogens is 1. The lowest BCUT2D eigenvalue weighted by atomic mass is 10.2. The molecule has 0 atom stereocenters. The van der Waals surface area contributed by atoms with Crippen molar-refractivity contribution in [2.24, 2.45) is 0 Å². The summed E-state index contributed by atoms with van der Waals surface area (Å²) in [6.45, 7) is 1.98. The molecule has 1 rings (SSSR count). The van der Waals surface area contributed by atoms with Crippen molar-refractivity contribution in [1.82, 2.24) is 4.57 Å². The van der Waals surface area contributed by atoms with Crippen molar-refractivity contribution >= 4 is 21.6 Å². The lowest BCUT2D eigenvalue weighted by Crippen LogP contribution is -2.20. The fourth-order valence-electron chi connectivity index (χ4n) is 1.11. The number of hydrogen-bond donors (Lipinski definition) is 0. The lowest BCUT2D eigenvalue weighted by Gasteiger charge is -2.03. The number of aryl methyl sites for hydroxylation is 2. The summed E-state index contributed by atoms with van der Waals surface area (Å²) in [5.74, 6) is 0. The van der Waals surface area contributed by atoms with E-state index in [4.69, 9.17) is 0 Å². The van der Waals surface area contributed by atoms with Crippen LogP contribution in [0.2, 0.25) is 0 Å². The fourth-order valence-corrected chi connectivity index (χ4v) is 1.49. The lowest BCUT2D eigenvalue weighted by molar-refractivity contribution is -0.385. The number of aromatic nitrogens is 1. The van der Waals surface area contributed by atoms with Gasteiger partial charge in [0.25, 0.3) is 11.2 Å². The van der Waals surface area contributed by atoms with Gasteiger partial charge in [-0.05, 0) is 6.92 Å². The number of nitrogens with zero attached hydrogens (tertiary/aromatic N) is 2. The van der Waals surface area contributed by atoms with Crippen molar-refractivity contribution in [3.63, 3.8) is 0 Å². The topological polar surface area (TPSA) is 65.1 Å². The van der Waals surface area contributed by atoms with Gasteiger partial charge in [0.1, 0.15) is 0 Å². The highest BCUT2D eigenvalue weighted by molar-refractivity contribution is 9.09. The van der Waals surface area contributed by atoms with Crippen LogP contribution < -0.4 is 5.56 Å². The van der Waals surface area contributed by atoms with Crippen LogP contribution >= 0.6 is 15.9 Å². The highest BCUT2D eigenvalue weighted by atomic mass is 79.9. The molecule has 0 aliphatic heterocycles. The highest BCUT2D eigenvalue weighted by Gasteiger charge is 2.12. The second-order valence-corrected chi connectivity index (χ2v) is 3.61. The molecule has 0 aromatic carbocycles. The van der Waals surface area contributed by atoms with E-state index in [2.05, 4.69) is 15.9 Å². The van der Waals surface area contributed by atoms with E-state index in [1.165, 1.54) is 16.8 Å². The highest BCUT2D eigenvalue weighted by Crippen LogP contribution is 2.13. The molecular weight excluding hydrogens is 252 g/mol. The molecule has 1 aromatic rings. The quantitative estimate of drug-likeness (QED) is 0.470. The molecule has 0 radical (unpaired) electrons. The number of nitro groups is 1. The Morgan fingerprint density at radius 1 is 1.64 bits per heavy atom. The van der Waals surface area contributed by atoms with Crippen LogP contribution in [0.5, 0.6) is 0 Å². The van der Waals surface area contributed by atoms with Gasteiger partial charge >= 0.3 is 0 Å². The molecular formula is C8H9BrN2O3. The number of hydrogen-bond acceptors (Lipinski definition) is 3. The van der Waals surface area contributed by atoms with Gasteiger partial charge in [-0.1, -0.05) is 15.9 Å². The molecule has 0 spiro atoms. The van der Waals surface area contributed by atoms with Gasteiger partial charge in [-0.2, -0.15) is 0 Å². The van der Waals surface area contributed by atoms with Gasteiger partial charge in [0, 0.05) is 23.5 Å². The summed E-state index contributed by atoms with van der Waals surface area (Å²) in [6.07, 6.45) is 1.28. The summed E-state index contributed by atoms with van der Waals surface area (Å²) in [6, 6.07) is 1.28. The molecule has 1 heterocycles. The van der Waals surface area contributed by atoms with Gasteiger partial charge in [-0.15, -0.1) is 0 Å². The number of rotatable bonds is 3. The molecule has 0 amide bonds. The minimum Gasteiger partial charge on any atom is -0.308 e. The standard InChI is InChI=1S/C8H9BrN2O3/c1-6-4-8(12)10(3-2-9)5-7(6)11(13)14/h4-5H,2-3H2,1H3. The normalized spacial score (nSPS) is 10.1. The smallest absolute Gasteiger partial charge is 0.288 e. The summed E-state index contributed by atoms with van der Waals surface area (Å²) in [5, 5.41) is 11.2. The van der Waals surface area contributed by atoms with E-state index in [9.17, 15) is 14.9 Å².